The fourth-order valence-electron chi connectivity index (χ4n) is 1.72. The van der Waals surface area contributed by atoms with Crippen LogP contribution in [0.4, 0.5) is 0 Å². The summed E-state index contributed by atoms with van der Waals surface area (Å²) in [6, 6.07) is 0.576. The van der Waals surface area contributed by atoms with Crippen LogP contribution in [0, 0.1) is 0 Å². The van der Waals surface area contributed by atoms with Crippen molar-refractivity contribution in [2.45, 2.75) is 50.7 Å². The van der Waals surface area contributed by atoms with Gasteiger partial charge in [-0.05, 0) is 25.7 Å². The van der Waals surface area contributed by atoms with E-state index in [0.717, 1.165) is 12.8 Å². The van der Waals surface area contributed by atoms with Crippen molar-refractivity contribution >= 4 is 5.91 Å². The maximum absolute atomic E-state index is 11.2. The van der Waals surface area contributed by atoms with Crippen molar-refractivity contribution in [3.63, 3.8) is 0 Å². The molecule has 80 valence electrons. The number of carbonyl (C=O) groups is 1. The molecule has 0 saturated heterocycles. The molecule has 2 N–H and O–H groups in total. The number of carbonyl (C=O) groups excluding carboxylic acids is 1. The highest BCUT2D eigenvalue weighted by Gasteiger charge is 2.21. The highest BCUT2D eigenvalue weighted by Crippen LogP contribution is 2.20. The molecule has 0 spiro atoms. The van der Waals surface area contributed by atoms with Crippen LogP contribution in [0.15, 0.2) is 0 Å². The quantitative estimate of drug-likeness (QED) is 0.640. The van der Waals surface area contributed by atoms with Gasteiger partial charge in [-0.2, -0.15) is 0 Å². The van der Waals surface area contributed by atoms with E-state index in [9.17, 15) is 4.79 Å². The molecule has 0 aliphatic heterocycles. The molecular weight excluding hydrogens is 180 g/mol. The summed E-state index contributed by atoms with van der Waals surface area (Å²) in [5.41, 5.74) is 2.51. The van der Waals surface area contributed by atoms with Gasteiger partial charge in [0.15, 0.2) is 0 Å². The monoisotopic (exact) mass is 198 g/mol. The summed E-state index contributed by atoms with van der Waals surface area (Å²) >= 11 is 0. The van der Waals surface area contributed by atoms with Gasteiger partial charge in [0.05, 0.1) is 12.6 Å². The predicted octanol–water partition coefficient (Wildman–Crippen LogP) is 0.729. The lowest BCUT2D eigenvalue weighted by Gasteiger charge is -2.11. The van der Waals surface area contributed by atoms with Crippen molar-refractivity contribution in [2.24, 2.45) is 0 Å². The Balaban J connectivity index is 1.52. The van der Waals surface area contributed by atoms with Gasteiger partial charge in [0.1, 0.15) is 0 Å². The van der Waals surface area contributed by atoms with Gasteiger partial charge >= 0.3 is 0 Å². The number of amides is 1. The van der Waals surface area contributed by atoms with E-state index in [2.05, 4.69) is 10.8 Å². The fraction of sp³-hybridized carbons (Fsp3) is 0.900. The van der Waals surface area contributed by atoms with E-state index in [-0.39, 0.29) is 12.0 Å². The number of hydrogen-bond acceptors (Lipinski definition) is 3. The lowest BCUT2D eigenvalue weighted by Crippen LogP contribution is -2.36. The van der Waals surface area contributed by atoms with E-state index in [1.54, 1.807) is 0 Å². The van der Waals surface area contributed by atoms with Crippen LogP contribution in [-0.2, 0) is 9.63 Å². The maximum Gasteiger partial charge on any atom is 0.257 e. The molecule has 4 nitrogen and oxygen atoms in total. The molecule has 2 aliphatic carbocycles. The van der Waals surface area contributed by atoms with Gasteiger partial charge < -0.3 is 5.32 Å². The van der Waals surface area contributed by atoms with Crippen LogP contribution in [0.1, 0.15) is 38.5 Å². The summed E-state index contributed by atoms with van der Waals surface area (Å²) in [7, 11) is 0. The standard InChI is InChI=1S/C10H18N2O2/c13-10(7-11-8-5-6-8)12-14-9-3-1-2-4-9/h8-9,11H,1-7H2,(H,12,13). The van der Waals surface area contributed by atoms with Crippen LogP contribution >= 0.6 is 0 Å². The number of rotatable bonds is 5. The molecular formula is C10H18N2O2. The van der Waals surface area contributed by atoms with Crippen LogP contribution in [0.5, 0.6) is 0 Å². The first kappa shape index (κ1) is 9.93. The number of hydroxylamine groups is 1. The van der Waals surface area contributed by atoms with Crippen LogP contribution in [0.3, 0.4) is 0 Å². The Morgan fingerprint density at radius 1 is 1.21 bits per heavy atom. The summed E-state index contributed by atoms with van der Waals surface area (Å²) in [6.07, 6.45) is 7.27. The second-order valence-electron chi connectivity index (χ2n) is 4.20. The number of nitrogens with one attached hydrogen (secondary N) is 2. The van der Waals surface area contributed by atoms with Gasteiger partial charge in [-0.15, -0.1) is 0 Å². The SMILES string of the molecule is O=C(CNC1CC1)NOC1CCCC1. The lowest BCUT2D eigenvalue weighted by atomic mass is 10.3. The van der Waals surface area contributed by atoms with Crippen LogP contribution in [-0.4, -0.2) is 24.6 Å². The molecule has 1 amide bonds. The average molecular weight is 198 g/mol. The first-order valence-electron chi connectivity index (χ1n) is 5.52. The minimum absolute atomic E-state index is 0.0520. The summed E-state index contributed by atoms with van der Waals surface area (Å²) < 4.78 is 0. The maximum atomic E-state index is 11.2. The molecule has 2 saturated carbocycles. The van der Waals surface area contributed by atoms with Gasteiger partial charge in [0, 0.05) is 6.04 Å². The first-order valence-corrected chi connectivity index (χ1v) is 5.52. The zero-order valence-electron chi connectivity index (χ0n) is 8.42. The third-order valence-electron chi connectivity index (χ3n) is 2.77. The summed E-state index contributed by atoms with van der Waals surface area (Å²) in [5.74, 6) is -0.0520. The Hall–Kier alpha value is -0.610. The van der Waals surface area contributed by atoms with Crippen molar-refractivity contribution in [3.05, 3.63) is 0 Å². The van der Waals surface area contributed by atoms with Gasteiger partial charge in [0.2, 0.25) is 0 Å². The van der Waals surface area contributed by atoms with E-state index < -0.39 is 0 Å². The van der Waals surface area contributed by atoms with Crippen LogP contribution < -0.4 is 10.8 Å². The molecule has 4 heteroatoms. The first-order chi connectivity index (χ1) is 6.84. The normalized spacial score (nSPS) is 22.6. The third kappa shape index (κ3) is 3.27. The van der Waals surface area contributed by atoms with Crippen molar-refractivity contribution in [1.29, 1.82) is 0 Å². The van der Waals surface area contributed by atoms with E-state index >= 15 is 0 Å². The summed E-state index contributed by atoms with van der Waals surface area (Å²) in [6.45, 7) is 0.386. The van der Waals surface area contributed by atoms with Gasteiger partial charge in [-0.3, -0.25) is 9.63 Å². The molecule has 0 atom stereocenters. The smallest absolute Gasteiger partial charge is 0.257 e. The Bertz CT molecular complexity index is 198. The highest BCUT2D eigenvalue weighted by atomic mass is 16.7. The van der Waals surface area contributed by atoms with E-state index in [0.29, 0.717) is 12.6 Å². The van der Waals surface area contributed by atoms with E-state index in [1.807, 2.05) is 0 Å². The van der Waals surface area contributed by atoms with E-state index in [4.69, 9.17) is 4.84 Å². The molecule has 2 fully saturated rings. The zero-order chi connectivity index (χ0) is 9.80. The molecule has 2 aliphatic rings. The minimum Gasteiger partial charge on any atom is -0.306 e. The van der Waals surface area contributed by atoms with Crippen molar-refractivity contribution in [1.82, 2.24) is 10.8 Å². The third-order valence-corrected chi connectivity index (χ3v) is 2.77. The molecule has 14 heavy (non-hydrogen) atoms. The van der Waals surface area contributed by atoms with Crippen LogP contribution in [0.25, 0.3) is 0 Å². The molecule has 2 rings (SSSR count). The second-order valence-corrected chi connectivity index (χ2v) is 4.20. The Morgan fingerprint density at radius 2 is 1.93 bits per heavy atom. The average Bonchev–Trinajstić information content (AvgIpc) is 2.87. The van der Waals surface area contributed by atoms with Crippen molar-refractivity contribution < 1.29 is 9.63 Å². The largest absolute Gasteiger partial charge is 0.306 e. The number of hydrogen-bond donors (Lipinski definition) is 2. The van der Waals surface area contributed by atoms with Gasteiger partial charge in [0.25, 0.3) is 5.91 Å². The lowest BCUT2D eigenvalue weighted by molar-refractivity contribution is -0.137. The summed E-state index contributed by atoms with van der Waals surface area (Å²) in [5, 5.41) is 3.14. The molecule has 0 bridgehead atoms. The van der Waals surface area contributed by atoms with Crippen molar-refractivity contribution in [3.8, 4) is 0 Å². The summed E-state index contributed by atoms with van der Waals surface area (Å²) in [4.78, 5) is 16.5. The Labute approximate surface area is 84.3 Å². The fourth-order valence-corrected chi connectivity index (χ4v) is 1.72. The van der Waals surface area contributed by atoms with Gasteiger partial charge in [-0.1, -0.05) is 12.8 Å². The Kier molecular flexibility index (Phi) is 3.37. The minimum atomic E-state index is -0.0520. The molecule has 0 radical (unpaired) electrons. The molecule has 0 aromatic rings. The molecule has 0 unspecified atom stereocenters. The molecule has 0 aromatic carbocycles. The van der Waals surface area contributed by atoms with E-state index in [1.165, 1.54) is 25.7 Å². The highest BCUT2D eigenvalue weighted by molar-refractivity contribution is 5.76. The topological polar surface area (TPSA) is 50.4 Å². The Morgan fingerprint density at radius 3 is 2.57 bits per heavy atom. The second kappa shape index (κ2) is 4.75. The van der Waals surface area contributed by atoms with Gasteiger partial charge in [-0.25, -0.2) is 5.48 Å². The zero-order valence-corrected chi connectivity index (χ0v) is 8.42. The van der Waals surface area contributed by atoms with Crippen molar-refractivity contribution in [2.75, 3.05) is 6.54 Å². The molecule has 0 aromatic heterocycles. The molecule has 0 heterocycles. The predicted molar refractivity (Wildman–Crippen MR) is 52.5 cm³/mol. The van der Waals surface area contributed by atoms with Crippen LogP contribution in [0.2, 0.25) is 0 Å².